The number of aryl methyl sites for hydroxylation is 3. The van der Waals surface area contributed by atoms with E-state index in [2.05, 4.69) is 21.7 Å². The zero-order valence-corrected chi connectivity index (χ0v) is 14.5. The Morgan fingerprint density at radius 3 is 2.70 bits per heavy atom. The fraction of sp³-hybridized carbons (Fsp3) is 0.588. The van der Waals surface area contributed by atoms with Gasteiger partial charge >= 0.3 is 0 Å². The number of aromatic nitrogens is 3. The fourth-order valence-electron chi connectivity index (χ4n) is 3.83. The quantitative estimate of drug-likeness (QED) is 0.851. The maximum absolute atomic E-state index is 12.7. The average molecular weight is 330 g/mol. The highest BCUT2D eigenvalue weighted by atomic mass is 32.1. The molecular weight excluding hydrogens is 308 g/mol. The molecule has 0 atom stereocenters. The van der Waals surface area contributed by atoms with Crippen LogP contribution in [0.15, 0.2) is 6.07 Å². The van der Waals surface area contributed by atoms with Gasteiger partial charge in [0, 0.05) is 41.7 Å². The van der Waals surface area contributed by atoms with E-state index in [0.29, 0.717) is 5.92 Å². The number of fused-ring (bicyclic) bond motifs is 1. The SMILES string of the molecule is Cc1cc(C(=O)N2CCC(c3nnc4n3CCC4)CC2)c(C)s1. The van der Waals surface area contributed by atoms with Gasteiger partial charge in [-0.3, -0.25) is 4.79 Å². The third kappa shape index (κ3) is 2.59. The van der Waals surface area contributed by atoms with Gasteiger partial charge in [-0.25, -0.2) is 0 Å². The van der Waals surface area contributed by atoms with Crippen LogP contribution in [0.4, 0.5) is 0 Å². The number of hydrogen-bond acceptors (Lipinski definition) is 4. The van der Waals surface area contributed by atoms with Crippen molar-refractivity contribution in [2.45, 2.75) is 52.0 Å². The smallest absolute Gasteiger partial charge is 0.254 e. The van der Waals surface area contributed by atoms with E-state index < -0.39 is 0 Å². The van der Waals surface area contributed by atoms with Gasteiger partial charge in [0.15, 0.2) is 0 Å². The number of piperidine rings is 1. The van der Waals surface area contributed by atoms with Gasteiger partial charge in [-0.05, 0) is 39.2 Å². The number of amides is 1. The predicted molar refractivity (Wildman–Crippen MR) is 90.0 cm³/mol. The minimum atomic E-state index is 0.191. The van der Waals surface area contributed by atoms with E-state index in [4.69, 9.17) is 0 Å². The van der Waals surface area contributed by atoms with Crippen LogP contribution in [-0.2, 0) is 13.0 Å². The Morgan fingerprint density at radius 1 is 1.22 bits per heavy atom. The Bertz CT molecular complexity index is 740. The molecule has 0 aromatic carbocycles. The first-order valence-electron chi connectivity index (χ1n) is 8.42. The van der Waals surface area contributed by atoms with Crippen molar-refractivity contribution >= 4 is 17.2 Å². The van der Waals surface area contributed by atoms with E-state index in [9.17, 15) is 4.79 Å². The first-order valence-corrected chi connectivity index (χ1v) is 9.23. The lowest BCUT2D eigenvalue weighted by molar-refractivity contribution is 0.0710. The second-order valence-electron chi connectivity index (χ2n) is 6.62. The lowest BCUT2D eigenvalue weighted by atomic mass is 9.95. The van der Waals surface area contributed by atoms with E-state index in [1.54, 1.807) is 11.3 Å². The molecule has 2 aliphatic heterocycles. The summed E-state index contributed by atoms with van der Waals surface area (Å²) in [6, 6.07) is 2.03. The Kier molecular flexibility index (Phi) is 3.71. The summed E-state index contributed by atoms with van der Waals surface area (Å²) in [5, 5.41) is 8.74. The molecule has 4 rings (SSSR count). The highest BCUT2D eigenvalue weighted by Gasteiger charge is 2.30. The fourth-order valence-corrected chi connectivity index (χ4v) is 4.75. The largest absolute Gasteiger partial charge is 0.339 e. The first kappa shape index (κ1) is 14.9. The van der Waals surface area contributed by atoms with Gasteiger partial charge in [-0.15, -0.1) is 21.5 Å². The van der Waals surface area contributed by atoms with Crippen LogP contribution < -0.4 is 0 Å². The summed E-state index contributed by atoms with van der Waals surface area (Å²) >= 11 is 1.70. The molecule has 0 N–H and O–H groups in total. The van der Waals surface area contributed by atoms with Crippen LogP contribution in [0.3, 0.4) is 0 Å². The molecule has 0 spiro atoms. The van der Waals surface area contributed by atoms with Crippen molar-refractivity contribution in [3.05, 3.63) is 33.0 Å². The lowest BCUT2D eigenvalue weighted by Crippen LogP contribution is -2.38. The van der Waals surface area contributed by atoms with Gasteiger partial charge in [0.1, 0.15) is 11.6 Å². The second-order valence-corrected chi connectivity index (χ2v) is 8.08. The molecule has 0 radical (unpaired) electrons. The van der Waals surface area contributed by atoms with Gasteiger partial charge in [-0.1, -0.05) is 0 Å². The van der Waals surface area contributed by atoms with Crippen molar-refractivity contribution in [1.82, 2.24) is 19.7 Å². The lowest BCUT2D eigenvalue weighted by Gasteiger charge is -2.31. The molecule has 2 aromatic rings. The number of carbonyl (C=O) groups excluding carboxylic acids is 1. The van der Waals surface area contributed by atoms with Crippen molar-refractivity contribution < 1.29 is 4.79 Å². The summed E-state index contributed by atoms with van der Waals surface area (Å²) in [5.41, 5.74) is 0.884. The number of thiophene rings is 1. The van der Waals surface area contributed by atoms with Crippen LogP contribution in [0.25, 0.3) is 0 Å². The maximum Gasteiger partial charge on any atom is 0.254 e. The predicted octanol–water partition coefficient (Wildman–Crippen LogP) is 2.92. The number of rotatable bonds is 2. The molecule has 0 bridgehead atoms. The van der Waals surface area contributed by atoms with Crippen molar-refractivity contribution in [2.24, 2.45) is 0 Å². The van der Waals surface area contributed by atoms with Gasteiger partial charge in [0.05, 0.1) is 5.56 Å². The van der Waals surface area contributed by atoms with Crippen molar-refractivity contribution in [1.29, 1.82) is 0 Å². The average Bonchev–Trinajstić information content (AvgIpc) is 3.22. The van der Waals surface area contributed by atoms with Crippen LogP contribution in [0.5, 0.6) is 0 Å². The maximum atomic E-state index is 12.7. The normalized spacial score (nSPS) is 18.4. The minimum absolute atomic E-state index is 0.191. The van der Waals surface area contributed by atoms with Gasteiger partial charge in [-0.2, -0.15) is 0 Å². The Balaban J connectivity index is 1.45. The molecule has 0 aliphatic carbocycles. The van der Waals surface area contributed by atoms with E-state index in [1.807, 2.05) is 17.9 Å². The third-order valence-electron chi connectivity index (χ3n) is 5.06. The number of nitrogens with zero attached hydrogens (tertiary/aromatic N) is 4. The summed E-state index contributed by atoms with van der Waals surface area (Å²) in [7, 11) is 0. The monoisotopic (exact) mass is 330 g/mol. The summed E-state index contributed by atoms with van der Waals surface area (Å²) < 4.78 is 2.30. The zero-order valence-electron chi connectivity index (χ0n) is 13.7. The van der Waals surface area contributed by atoms with Gasteiger partial charge < -0.3 is 9.47 Å². The molecule has 1 fully saturated rings. The molecule has 1 amide bonds. The topological polar surface area (TPSA) is 51.0 Å². The van der Waals surface area contributed by atoms with Gasteiger partial charge in [0.25, 0.3) is 5.91 Å². The number of carbonyl (C=O) groups is 1. The van der Waals surface area contributed by atoms with Crippen LogP contribution in [0.1, 0.15) is 56.9 Å². The van der Waals surface area contributed by atoms with Crippen LogP contribution >= 0.6 is 11.3 Å². The molecule has 23 heavy (non-hydrogen) atoms. The van der Waals surface area contributed by atoms with Crippen molar-refractivity contribution in [3.8, 4) is 0 Å². The second kappa shape index (κ2) is 5.74. The zero-order chi connectivity index (χ0) is 16.0. The molecular formula is C17H22N4OS. The van der Waals surface area contributed by atoms with E-state index in [0.717, 1.165) is 61.0 Å². The van der Waals surface area contributed by atoms with Crippen LogP contribution in [0.2, 0.25) is 0 Å². The third-order valence-corrected chi connectivity index (χ3v) is 6.02. The molecule has 2 aromatic heterocycles. The molecule has 4 heterocycles. The minimum Gasteiger partial charge on any atom is -0.339 e. The van der Waals surface area contributed by atoms with Crippen LogP contribution in [0, 0.1) is 13.8 Å². The van der Waals surface area contributed by atoms with Crippen LogP contribution in [-0.4, -0.2) is 38.7 Å². The summed E-state index contributed by atoms with van der Waals surface area (Å²) in [5.74, 6) is 2.93. The number of hydrogen-bond donors (Lipinski definition) is 0. The van der Waals surface area contributed by atoms with Crippen molar-refractivity contribution in [2.75, 3.05) is 13.1 Å². The molecule has 2 aliphatic rings. The van der Waals surface area contributed by atoms with E-state index in [-0.39, 0.29) is 5.91 Å². The highest BCUT2D eigenvalue weighted by molar-refractivity contribution is 7.12. The molecule has 0 saturated carbocycles. The molecule has 5 nitrogen and oxygen atoms in total. The van der Waals surface area contributed by atoms with E-state index >= 15 is 0 Å². The molecule has 0 unspecified atom stereocenters. The highest BCUT2D eigenvalue weighted by Crippen LogP contribution is 2.31. The number of likely N-dealkylation sites (tertiary alicyclic amines) is 1. The Morgan fingerprint density at radius 2 is 2.00 bits per heavy atom. The summed E-state index contributed by atoms with van der Waals surface area (Å²) in [6.45, 7) is 6.80. The first-order chi connectivity index (χ1) is 11.1. The van der Waals surface area contributed by atoms with Gasteiger partial charge in [0.2, 0.25) is 0 Å². The Hall–Kier alpha value is -1.69. The van der Waals surface area contributed by atoms with Crippen molar-refractivity contribution in [3.63, 3.8) is 0 Å². The van der Waals surface area contributed by atoms with E-state index in [1.165, 1.54) is 11.3 Å². The molecule has 1 saturated heterocycles. The Labute approximate surface area is 140 Å². The summed E-state index contributed by atoms with van der Waals surface area (Å²) in [4.78, 5) is 17.1. The summed E-state index contributed by atoms with van der Waals surface area (Å²) in [6.07, 6.45) is 4.23. The standard InChI is InChI=1S/C17H22N4OS/c1-11-10-14(12(2)23-11)17(22)20-8-5-13(6-9-20)16-19-18-15-4-3-7-21(15)16/h10,13H,3-9H2,1-2H3. The molecule has 6 heteroatoms. The molecule has 122 valence electrons.